The molecule has 0 spiro atoms. The number of carbonyl (C=O) groups excluding carboxylic acids is 2. The quantitative estimate of drug-likeness (QED) is 0.590. The Labute approximate surface area is 205 Å². The van der Waals surface area contributed by atoms with Gasteiger partial charge in [-0.15, -0.1) is 0 Å². The van der Waals surface area contributed by atoms with Gasteiger partial charge in [0.1, 0.15) is 5.75 Å². The summed E-state index contributed by atoms with van der Waals surface area (Å²) in [5.41, 5.74) is 6.18. The Bertz CT molecular complexity index is 1240. The molecule has 0 atom stereocenters. The Morgan fingerprint density at radius 2 is 1.83 bits per heavy atom. The summed E-state index contributed by atoms with van der Waals surface area (Å²) in [5.74, 6) is 0.618. The van der Waals surface area contributed by atoms with E-state index in [0.717, 1.165) is 60.4 Å². The second-order valence-corrected chi connectivity index (χ2v) is 9.51. The van der Waals surface area contributed by atoms with Crippen molar-refractivity contribution in [2.45, 2.75) is 51.6 Å². The molecule has 2 amide bonds. The van der Waals surface area contributed by atoms with Gasteiger partial charge in [0, 0.05) is 56.1 Å². The number of hydrogen-bond acceptors (Lipinski definition) is 5. The standard InChI is InChI=1S/C26H32N6O3/c1-30(2)25(33)24-20-16-31(26(34)23-19-6-4-5-7-21(19)27-28-23)14-13-22(20)32(29-24)15-12-17-8-10-18(35-3)11-9-17/h8-11H,4-7,12-16H2,1-3H3,(H,27,28). The molecule has 1 aliphatic carbocycles. The van der Waals surface area contributed by atoms with Gasteiger partial charge in [-0.2, -0.15) is 10.2 Å². The van der Waals surface area contributed by atoms with Crippen molar-refractivity contribution in [3.63, 3.8) is 0 Å². The Morgan fingerprint density at radius 1 is 1.06 bits per heavy atom. The smallest absolute Gasteiger partial charge is 0.274 e. The van der Waals surface area contributed by atoms with Crippen LogP contribution in [0, 0.1) is 0 Å². The molecule has 2 aliphatic rings. The van der Waals surface area contributed by atoms with E-state index in [1.807, 2.05) is 33.8 Å². The van der Waals surface area contributed by atoms with Gasteiger partial charge in [-0.05, 0) is 49.8 Å². The molecule has 0 saturated carbocycles. The molecule has 0 bridgehead atoms. The molecule has 184 valence electrons. The van der Waals surface area contributed by atoms with Gasteiger partial charge in [0.05, 0.1) is 13.7 Å². The molecule has 5 rings (SSSR count). The van der Waals surface area contributed by atoms with E-state index in [4.69, 9.17) is 9.84 Å². The van der Waals surface area contributed by atoms with Crippen LogP contribution in [0.25, 0.3) is 0 Å². The number of fused-ring (bicyclic) bond motifs is 2. The Kier molecular flexibility index (Phi) is 6.32. The lowest BCUT2D eigenvalue weighted by molar-refractivity contribution is 0.0719. The molecule has 1 N–H and O–H groups in total. The number of carbonyl (C=O) groups is 2. The number of aryl methyl sites for hydroxylation is 3. The van der Waals surface area contributed by atoms with Gasteiger partial charge in [-0.25, -0.2) is 0 Å². The van der Waals surface area contributed by atoms with Crippen molar-refractivity contribution >= 4 is 11.8 Å². The number of aromatic nitrogens is 4. The zero-order valence-corrected chi connectivity index (χ0v) is 20.6. The highest BCUT2D eigenvalue weighted by molar-refractivity contribution is 5.96. The van der Waals surface area contributed by atoms with Crippen molar-refractivity contribution < 1.29 is 14.3 Å². The molecule has 35 heavy (non-hydrogen) atoms. The molecule has 3 heterocycles. The number of aromatic amines is 1. The van der Waals surface area contributed by atoms with Crippen LogP contribution in [0.5, 0.6) is 5.75 Å². The molecule has 1 aliphatic heterocycles. The fraction of sp³-hybridized carbons (Fsp3) is 0.462. The van der Waals surface area contributed by atoms with E-state index >= 15 is 0 Å². The number of nitrogens with one attached hydrogen (secondary N) is 1. The number of methoxy groups -OCH3 is 1. The van der Waals surface area contributed by atoms with Crippen LogP contribution in [0.15, 0.2) is 24.3 Å². The van der Waals surface area contributed by atoms with E-state index in [2.05, 4.69) is 10.2 Å². The second kappa shape index (κ2) is 9.56. The minimum atomic E-state index is -0.143. The van der Waals surface area contributed by atoms with Crippen molar-refractivity contribution in [3.05, 3.63) is 63.7 Å². The third-order valence-corrected chi connectivity index (χ3v) is 7.06. The maximum Gasteiger partial charge on any atom is 0.274 e. The molecule has 0 unspecified atom stereocenters. The highest BCUT2D eigenvalue weighted by Crippen LogP contribution is 2.28. The number of ether oxygens (including phenoxy) is 1. The van der Waals surface area contributed by atoms with Crippen molar-refractivity contribution in [3.8, 4) is 5.75 Å². The molecular formula is C26H32N6O3. The number of H-pyrrole nitrogens is 1. The van der Waals surface area contributed by atoms with Crippen LogP contribution in [0.4, 0.5) is 0 Å². The predicted octanol–water partition coefficient (Wildman–Crippen LogP) is 2.64. The summed E-state index contributed by atoms with van der Waals surface area (Å²) in [6, 6.07) is 8.00. The number of hydrogen-bond donors (Lipinski definition) is 1. The van der Waals surface area contributed by atoms with Crippen LogP contribution in [0.1, 0.15) is 61.9 Å². The SMILES string of the molecule is COc1ccc(CCn2nc(C(=O)N(C)C)c3c2CCN(C(=O)c2n[nH]c4c2CCCC4)C3)cc1. The van der Waals surface area contributed by atoms with Crippen LogP contribution >= 0.6 is 0 Å². The van der Waals surface area contributed by atoms with Gasteiger partial charge in [-0.1, -0.05) is 12.1 Å². The van der Waals surface area contributed by atoms with Gasteiger partial charge in [-0.3, -0.25) is 19.4 Å². The number of rotatable bonds is 6. The minimum absolute atomic E-state index is 0.0655. The number of amides is 2. The first-order chi connectivity index (χ1) is 17.0. The van der Waals surface area contributed by atoms with Crippen LogP contribution in [0.2, 0.25) is 0 Å². The van der Waals surface area contributed by atoms with E-state index < -0.39 is 0 Å². The van der Waals surface area contributed by atoms with Crippen LogP contribution in [-0.2, 0) is 38.8 Å². The highest BCUT2D eigenvalue weighted by Gasteiger charge is 2.33. The average molecular weight is 477 g/mol. The van der Waals surface area contributed by atoms with E-state index in [0.29, 0.717) is 37.4 Å². The third kappa shape index (κ3) is 4.42. The van der Waals surface area contributed by atoms with Gasteiger partial charge in [0.25, 0.3) is 11.8 Å². The van der Waals surface area contributed by atoms with Crippen LogP contribution in [0.3, 0.4) is 0 Å². The molecule has 9 nitrogen and oxygen atoms in total. The first-order valence-corrected chi connectivity index (χ1v) is 12.2. The van der Waals surface area contributed by atoms with Crippen molar-refractivity contribution in [1.29, 1.82) is 0 Å². The summed E-state index contributed by atoms with van der Waals surface area (Å²) in [6.45, 7) is 1.61. The van der Waals surface area contributed by atoms with E-state index in [-0.39, 0.29) is 11.8 Å². The summed E-state index contributed by atoms with van der Waals surface area (Å²) in [6.07, 6.45) is 5.49. The molecule has 3 aromatic rings. The first-order valence-electron chi connectivity index (χ1n) is 12.2. The lowest BCUT2D eigenvalue weighted by atomic mass is 9.95. The highest BCUT2D eigenvalue weighted by atomic mass is 16.5. The number of nitrogens with zero attached hydrogens (tertiary/aromatic N) is 5. The second-order valence-electron chi connectivity index (χ2n) is 9.51. The molecular weight excluding hydrogens is 444 g/mol. The van der Waals surface area contributed by atoms with Crippen molar-refractivity contribution in [2.24, 2.45) is 0 Å². The molecule has 1 aromatic carbocycles. The monoisotopic (exact) mass is 476 g/mol. The normalized spacial score (nSPS) is 14.9. The number of benzene rings is 1. The minimum Gasteiger partial charge on any atom is -0.497 e. The molecule has 0 fully saturated rings. The molecule has 0 saturated heterocycles. The zero-order valence-electron chi connectivity index (χ0n) is 20.6. The Morgan fingerprint density at radius 3 is 2.57 bits per heavy atom. The van der Waals surface area contributed by atoms with Gasteiger partial charge in [0.15, 0.2) is 11.4 Å². The van der Waals surface area contributed by atoms with Crippen molar-refractivity contribution in [1.82, 2.24) is 29.8 Å². The van der Waals surface area contributed by atoms with Crippen molar-refractivity contribution in [2.75, 3.05) is 27.7 Å². The van der Waals surface area contributed by atoms with Gasteiger partial charge >= 0.3 is 0 Å². The Hall–Kier alpha value is -3.62. The fourth-order valence-electron chi connectivity index (χ4n) is 5.07. The van der Waals surface area contributed by atoms with Gasteiger partial charge < -0.3 is 14.5 Å². The summed E-state index contributed by atoms with van der Waals surface area (Å²) in [4.78, 5) is 29.8. The maximum absolute atomic E-state index is 13.4. The topological polar surface area (TPSA) is 96.4 Å². The lowest BCUT2D eigenvalue weighted by Crippen LogP contribution is -2.38. The molecule has 2 aromatic heterocycles. The summed E-state index contributed by atoms with van der Waals surface area (Å²) >= 11 is 0. The molecule has 0 radical (unpaired) electrons. The largest absolute Gasteiger partial charge is 0.497 e. The first kappa shape index (κ1) is 23.1. The van der Waals surface area contributed by atoms with E-state index in [9.17, 15) is 9.59 Å². The third-order valence-electron chi connectivity index (χ3n) is 7.06. The predicted molar refractivity (Wildman–Crippen MR) is 131 cm³/mol. The van der Waals surface area contributed by atoms with E-state index in [1.165, 1.54) is 5.56 Å². The maximum atomic E-state index is 13.4. The summed E-state index contributed by atoms with van der Waals surface area (Å²) in [7, 11) is 5.11. The van der Waals surface area contributed by atoms with Crippen LogP contribution < -0.4 is 4.74 Å². The summed E-state index contributed by atoms with van der Waals surface area (Å²) in [5, 5.41) is 12.2. The fourth-order valence-corrected chi connectivity index (χ4v) is 5.07. The van der Waals surface area contributed by atoms with Gasteiger partial charge in [0.2, 0.25) is 0 Å². The lowest BCUT2D eigenvalue weighted by Gasteiger charge is -2.28. The average Bonchev–Trinajstić information content (AvgIpc) is 3.48. The van der Waals surface area contributed by atoms with Crippen LogP contribution in [-0.4, -0.2) is 69.3 Å². The zero-order chi connectivity index (χ0) is 24.5. The molecule has 9 heteroatoms. The summed E-state index contributed by atoms with van der Waals surface area (Å²) < 4.78 is 7.20. The van der Waals surface area contributed by atoms with E-state index in [1.54, 1.807) is 26.1 Å². The Balaban J connectivity index is 1.39.